The smallest absolute Gasteiger partial charge is 0.338 e. The Morgan fingerprint density at radius 2 is 2.00 bits per heavy atom. The van der Waals surface area contributed by atoms with Crippen LogP contribution in [-0.2, 0) is 14.8 Å². The number of Topliss-reactive ketones (excluding diaryl/α,β-unsaturated/α-hetero) is 1. The molecule has 1 heterocycles. The van der Waals surface area contributed by atoms with E-state index in [1.54, 1.807) is 17.5 Å². The van der Waals surface area contributed by atoms with Crippen LogP contribution in [0.2, 0.25) is 0 Å². The van der Waals surface area contributed by atoms with Crippen molar-refractivity contribution in [1.29, 1.82) is 0 Å². The standard InChI is InChI=1S/C14H13NO5S2/c1-15-22(18,19)11-5-2-4-10(8-11)14(17)20-9-12(16)13-6-3-7-21-13/h2-8,15H,9H2,1H3. The summed E-state index contributed by atoms with van der Waals surface area (Å²) in [7, 11) is -2.37. The molecular formula is C14H13NO5S2. The molecule has 2 rings (SSSR count). The highest BCUT2D eigenvalue weighted by atomic mass is 32.2. The Balaban J connectivity index is 2.07. The van der Waals surface area contributed by atoms with Crippen molar-refractivity contribution in [2.75, 3.05) is 13.7 Å². The lowest BCUT2D eigenvalue weighted by Gasteiger charge is -2.06. The van der Waals surface area contributed by atoms with Crippen molar-refractivity contribution in [2.24, 2.45) is 0 Å². The molecule has 0 spiro atoms. The fraction of sp³-hybridized carbons (Fsp3) is 0.143. The molecule has 0 radical (unpaired) electrons. The number of esters is 1. The maximum Gasteiger partial charge on any atom is 0.338 e. The van der Waals surface area contributed by atoms with Gasteiger partial charge in [0, 0.05) is 0 Å². The van der Waals surface area contributed by atoms with Crippen molar-refractivity contribution in [2.45, 2.75) is 4.90 Å². The van der Waals surface area contributed by atoms with Crippen molar-refractivity contribution < 1.29 is 22.7 Å². The number of rotatable bonds is 6. The van der Waals surface area contributed by atoms with E-state index in [-0.39, 0.29) is 22.8 Å². The van der Waals surface area contributed by atoms with Crippen LogP contribution >= 0.6 is 11.3 Å². The maximum atomic E-state index is 11.9. The molecule has 0 unspecified atom stereocenters. The van der Waals surface area contributed by atoms with Crippen LogP contribution in [0, 0.1) is 0 Å². The minimum Gasteiger partial charge on any atom is -0.454 e. The van der Waals surface area contributed by atoms with Gasteiger partial charge in [0.15, 0.2) is 6.61 Å². The van der Waals surface area contributed by atoms with Crippen LogP contribution in [0.4, 0.5) is 0 Å². The molecule has 0 saturated heterocycles. The van der Waals surface area contributed by atoms with E-state index in [9.17, 15) is 18.0 Å². The second-order valence-electron chi connectivity index (χ2n) is 4.21. The van der Waals surface area contributed by atoms with Gasteiger partial charge in [-0.25, -0.2) is 17.9 Å². The molecule has 2 aromatic rings. The molecule has 6 nitrogen and oxygen atoms in total. The third-order valence-electron chi connectivity index (χ3n) is 2.78. The predicted molar refractivity (Wildman–Crippen MR) is 81.6 cm³/mol. The summed E-state index contributed by atoms with van der Waals surface area (Å²) in [5.74, 6) is -1.06. The summed E-state index contributed by atoms with van der Waals surface area (Å²) in [6.07, 6.45) is 0. The van der Waals surface area contributed by atoms with E-state index in [1.807, 2.05) is 0 Å². The molecule has 8 heteroatoms. The Morgan fingerprint density at radius 1 is 1.23 bits per heavy atom. The van der Waals surface area contributed by atoms with Crippen molar-refractivity contribution in [1.82, 2.24) is 4.72 Å². The average Bonchev–Trinajstić information content (AvgIpc) is 3.07. The van der Waals surface area contributed by atoms with Crippen LogP contribution in [0.25, 0.3) is 0 Å². The largest absolute Gasteiger partial charge is 0.454 e. The van der Waals surface area contributed by atoms with E-state index in [1.165, 1.54) is 42.6 Å². The van der Waals surface area contributed by atoms with Gasteiger partial charge in [-0.1, -0.05) is 12.1 Å². The molecular weight excluding hydrogens is 326 g/mol. The predicted octanol–water partition coefficient (Wildman–Crippen LogP) is 1.70. The highest BCUT2D eigenvalue weighted by Gasteiger charge is 2.16. The van der Waals surface area contributed by atoms with Crippen molar-refractivity contribution in [3.63, 3.8) is 0 Å². The van der Waals surface area contributed by atoms with Crippen molar-refractivity contribution in [3.8, 4) is 0 Å². The first kappa shape index (κ1) is 16.3. The number of ketones is 1. The number of carbonyl (C=O) groups is 2. The summed E-state index contributed by atoms with van der Waals surface area (Å²) in [5.41, 5.74) is 0.0651. The Bertz CT molecular complexity index is 781. The molecule has 0 saturated carbocycles. The minimum absolute atomic E-state index is 0.0472. The van der Waals surface area contributed by atoms with E-state index < -0.39 is 16.0 Å². The number of carbonyl (C=O) groups excluding carboxylic acids is 2. The monoisotopic (exact) mass is 339 g/mol. The number of hydrogen-bond donors (Lipinski definition) is 1. The molecule has 0 atom stereocenters. The zero-order valence-electron chi connectivity index (χ0n) is 11.6. The van der Waals surface area contributed by atoms with Gasteiger partial charge < -0.3 is 4.74 Å². The number of ether oxygens (including phenoxy) is 1. The maximum absolute atomic E-state index is 11.9. The lowest BCUT2D eigenvalue weighted by Crippen LogP contribution is -2.19. The summed E-state index contributed by atoms with van der Waals surface area (Å²) in [5, 5.41) is 1.75. The van der Waals surface area contributed by atoms with Gasteiger partial charge in [-0.3, -0.25) is 4.79 Å². The quantitative estimate of drug-likeness (QED) is 0.639. The summed E-state index contributed by atoms with van der Waals surface area (Å²) in [6.45, 7) is -0.387. The molecule has 1 N–H and O–H groups in total. The third kappa shape index (κ3) is 3.79. The third-order valence-corrected chi connectivity index (χ3v) is 5.10. The minimum atomic E-state index is -3.64. The topological polar surface area (TPSA) is 89.5 Å². The molecule has 0 amide bonds. The van der Waals surface area contributed by atoms with E-state index in [0.717, 1.165) is 0 Å². The summed E-state index contributed by atoms with van der Waals surface area (Å²) in [4.78, 5) is 24.1. The molecule has 0 aliphatic heterocycles. The highest BCUT2D eigenvalue weighted by Crippen LogP contribution is 2.13. The van der Waals surface area contributed by atoms with Gasteiger partial charge >= 0.3 is 5.97 Å². The van der Waals surface area contributed by atoms with Gasteiger partial charge in [0.2, 0.25) is 15.8 Å². The fourth-order valence-corrected chi connectivity index (χ4v) is 3.06. The Labute approximate surface area is 131 Å². The molecule has 1 aromatic carbocycles. The SMILES string of the molecule is CNS(=O)(=O)c1cccc(C(=O)OCC(=O)c2cccs2)c1. The van der Waals surface area contributed by atoms with Gasteiger partial charge in [0.25, 0.3) is 0 Å². The molecule has 0 fully saturated rings. The number of thiophene rings is 1. The Kier molecular flexibility index (Phi) is 5.07. The summed E-state index contributed by atoms with van der Waals surface area (Å²) >= 11 is 1.26. The second kappa shape index (κ2) is 6.82. The van der Waals surface area contributed by atoms with Crippen LogP contribution in [-0.4, -0.2) is 33.8 Å². The summed E-state index contributed by atoms with van der Waals surface area (Å²) < 4.78 is 30.4. The number of sulfonamides is 1. The van der Waals surface area contributed by atoms with Gasteiger partial charge in [-0.05, 0) is 36.7 Å². The highest BCUT2D eigenvalue weighted by molar-refractivity contribution is 7.89. The molecule has 0 bridgehead atoms. The van der Waals surface area contributed by atoms with Crippen LogP contribution in [0.15, 0.2) is 46.7 Å². The second-order valence-corrected chi connectivity index (χ2v) is 7.05. The number of hydrogen-bond acceptors (Lipinski definition) is 6. The fourth-order valence-electron chi connectivity index (χ4n) is 1.63. The van der Waals surface area contributed by atoms with E-state index in [4.69, 9.17) is 4.74 Å². The van der Waals surface area contributed by atoms with Crippen LogP contribution in [0.1, 0.15) is 20.0 Å². The van der Waals surface area contributed by atoms with Crippen molar-refractivity contribution in [3.05, 3.63) is 52.2 Å². The first-order valence-corrected chi connectivity index (χ1v) is 8.58. The first-order valence-electron chi connectivity index (χ1n) is 6.21. The first-order chi connectivity index (χ1) is 10.4. The van der Waals surface area contributed by atoms with Crippen LogP contribution in [0.5, 0.6) is 0 Å². The zero-order chi connectivity index (χ0) is 16.2. The van der Waals surface area contributed by atoms with E-state index >= 15 is 0 Å². The zero-order valence-corrected chi connectivity index (χ0v) is 13.2. The van der Waals surface area contributed by atoms with Gasteiger partial charge in [-0.15, -0.1) is 11.3 Å². The van der Waals surface area contributed by atoms with Gasteiger partial charge in [0.05, 0.1) is 15.3 Å². The van der Waals surface area contributed by atoms with Gasteiger partial charge in [0.1, 0.15) is 0 Å². The number of nitrogens with one attached hydrogen (secondary N) is 1. The van der Waals surface area contributed by atoms with Crippen LogP contribution < -0.4 is 4.72 Å². The molecule has 116 valence electrons. The Hall–Kier alpha value is -2.03. The normalized spacial score (nSPS) is 11.1. The molecule has 22 heavy (non-hydrogen) atoms. The average molecular weight is 339 g/mol. The lowest BCUT2D eigenvalue weighted by molar-refractivity contribution is 0.0475. The van der Waals surface area contributed by atoms with E-state index in [0.29, 0.717) is 4.88 Å². The molecule has 0 aliphatic carbocycles. The van der Waals surface area contributed by atoms with Crippen LogP contribution in [0.3, 0.4) is 0 Å². The lowest BCUT2D eigenvalue weighted by atomic mass is 10.2. The molecule has 1 aromatic heterocycles. The van der Waals surface area contributed by atoms with E-state index in [2.05, 4.69) is 4.72 Å². The van der Waals surface area contributed by atoms with Gasteiger partial charge in [-0.2, -0.15) is 0 Å². The van der Waals surface area contributed by atoms with Crippen molar-refractivity contribution >= 4 is 33.1 Å². The Morgan fingerprint density at radius 3 is 2.64 bits per heavy atom. The molecule has 0 aliphatic rings. The summed E-state index contributed by atoms with van der Waals surface area (Å²) in [6, 6.07) is 8.78. The number of benzene rings is 1.